The molecule has 0 aromatic carbocycles. The van der Waals surface area contributed by atoms with Crippen LogP contribution in [-0.2, 0) is 4.79 Å². The first-order valence-electron chi connectivity index (χ1n) is 4.44. The largest absolute Gasteiger partial charge is 0.396 e. The number of hydrogen-bond donors (Lipinski definition) is 3. The van der Waals surface area contributed by atoms with Gasteiger partial charge in [0, 0.05) is 12.0 Å². The van der Waals surface area contributed by atoms with Crippen molar-refractivity contribution in [1.82, 2.24) is 5.32 Å². The summed E-state index contributed by atoms with van der Waals surface area (Å²) < 4.78 is 0. The molecule has 0 saturated carbocycles. The summed E-state index contributed by atoms with van der Waals surface area (Å²) in [5.41, 5.74) is -0.455. The summed E-state index contributed by atoms with van der Waals surface area (Å²) in [5, 5.41) is 20.1. The molecule has 0 aromatic rings. The van der Waals surface area contributed by atoms with E-state index in [0.29, 0.717) is 6.42 Å². The van der Waals surface area contributed by atoms with E-state index in [4.69, 9.17) is 10.2 Å². The minimum absolute atomic E-state index is 0.0321. The van der Waals surface area contributed by atoms with E-state index in [1.165, 1.54) is 0 Å². The Bertz CT molecular complexity index is 163. The van der Waals surface area contributed by atoms with E-state index in [2.05, 4.69) is 5.32 Å². The maximum Gasteiger partial charge on any atom is 0.225 e. The Morgan fingerprint density at radius 2 is 1.92 bits per heavy atom. The van der Waals surface area contributed by atoms with E-state index < -0.39 is 5.41 Å². The summed E-state index contributed by atoms with van der Waals surface area (Å²) in [6.07, 6.45) is 0.387. The molecule has 0 aliphatic heterocycles. The zero-order valence-corrected chi connectivity index (χ0v) is 8.50. The minimum Gasteiger partial charge on any atom is -0.396 e. The average molecular weight is 189 g/mol. The highest BCUT2D eigenvalue weighted by atomic mass is 16.3. The molecule has 1 amide bonds. The van der Waals surface area contributed by atoms with Crippen molar-refractivity contribution >= 4 is 5.91 Å². The van der Waals surface area contributed by atoms with Crippen molar-refractivity contribution in [1.29, 1.82) is 0 Å². The van der Waals surface area contributed by atoms with Crippen LogP contribution in [-0.4, -0.2) is 35.4 Å². The standard InChI is InChI=1S/C9H19NO3/c1-9(2,3)8(13)10-7(6-12)4-5-11/h7,11-12H,4-6H2,1-3H3,(H,10,13)/t7-/m0/s1. The van der Waals surface area contributed by atoms with Gasteiger partial charge in [-0.2, -0.15) is 0 Å². The Hall–Kier alpha value is -0.610. The molecule has 0 aliphatic rings. The fraction of sp³-hybridized carbons (Fsp3) is 0.889. The predicted molar refractivity (Wildman–Crippen MR) is 50.2 cm³/mol. The lowest BCUT2D eigenvalue weighted by Crippen LogP contribution is -2.43. The molecule has 0 saturated heterocycles. The van der Waals surface area contributed by atoms with Gasteiger partial charge in [0.15, 0.2) is 0 Å². The highest BCUT2D eigenvalue weighted by Gasteiger charge is 2.23. The molecular formula is C9H19NO3. The first-order valence-corrected chi connectivity index (χ1v) is 4.44. The van der Waals surface area contributed by atoms with Gasteiger partial charge in [0.05, 0.1) is 12.6 Å². The summed E-state index contributed by atoms with van der Waals surface area (Å²) in [7, 11) is 0. The lowest BCUT2D eigenvalue weighted by atomic mass is 9.95. The Labute approximate surface area is 79.0 Å². The van der Waals surface area contributed by atoms with Gasteiger partial charge in [0.2, 0.25) is 5.91 Å². The fourth-order valence-electron chi connectivity index (χ4n) is 0.767. The smallest absolute Gasteiger partial charge is 0.225 e. The third kappa shape index (κ3) is 4.85. The van der Waals surface area contributed by atoms with E-state index in [-0.39, 0.29) is 25.2 Å². The van der Waals surface area contributed by atoms with Crippen molar-refractivity contribution in [3.05, 3.63) is 0 Å². The molecule has 0 heterocycles. The predicted octanol–water partition coefficient (Wildman–Crippen LogP) is -0.108. The molecule has 0 spiro atoms. The van der Waals surface area contributed by atoms with Crippen LogP contribution in [0.25, 0.3) is 0 Å². The Kier molecular flexibility index (Phi) is 4.95. The molecule has 0 aromatic heterocycles. The maximum atomic E-state index is 11.4. The molecule has 0 rings (SSSR count). The first kappa shape index (κ1) is 12.4. The third-order valence-electron chi connectivity index (χ3n) is 1.71. The van der Waals surface area contributed by atoms with Crippen LogP contribution in [0.15, 0.2) is 0 Å². The Morgan fingerprint density at radius 3 is 2.23 bits per heavy atom. The second kappa shape index (κ2) is 5.19. The zero-order valence-electron chi connectivity index (χ0n) is 8.50. The van der Waals surface area contributed by atoms with Crippen LogP contribution in [0.2, 0.25) is 0 Å². The van der Waals surface area contributed by atoms with E-state index in [9.17, 15) is 4.79 Å². The van der Waals surface area contributed by atoms with Gasteiger partial charge in [-0.1, -0.05) is 20.8 Å². The van der Waals surface area contributed by atoms with Gasteiger partial charge in [0.1, 0.15) is 0 Å². The fourth-order valence-corrected chi connectivity index (χ4v) is 0.767. The van der Waals surface area contributed by atoms with E-state index in [1.807, 2.05) is 0 Å². The van der Waals surface area contributed by atoms with Crippen molar-refractivity contribution in [3.63, 3.8) is 0 Å². The average Bonchev–Trinajstić information content (AvgIpc) is 2.01. The van der Waals surface area contributed by atoms with Crippen LogP contribution in [0, 0.1) is 5.41 Å². The summed E-state index contributed by atoms with van der Waals surface area (Å²) in [6, 6.07) is -0.336. The van der Waals surface area contributed by atoms with Crippen LogP contribution in [0.3, 0.4) is 0 Å². The number of hydrogen-bond acceptors (Lipinski definition) is 3. The Morgan fingerprint density at radius 1 is 1.38 bits per heavy atom. The maximum absolute atomic E-state index is 11.4. The van der Waals surface area contributed by atoms with Crippen molar-refractivity contribution < 1.29 is 15.0 Å². The normalized spacial score (nSPS) is 13.9. The second-order valence-electron chi connectivity index (χ2n) is 4.12. The highest BCUT2D eigenvalue weighted by Crippen LogP contribution is 2.13. The first-order chi connectivity index (χ1) is 5.91. The van der Waals surface area contributed by atoms with E-state index in [1.54, 1.807) is 20.8 Å². The topological polar surface area (TPSA) is 69.6 Å². The van der Waals surface area contributed by atoms with Crippen LogP contribution < -0.4 is 5.32 Å². The molecule has 0 bridgehead atoms. The number of carbonyl (C=O) groups is 1. The number of amides is 1. The summed E-state index contributed by atoms with van der Waals surface area (Å²) in [5.74, 6) is -0.111. The van der Waals surface area contributed by atoms with Crippen molar-refractivity contribution in [2.24, 2.45) is 5.41 Å². The SMILES string of the molecule is CC(C)(C)C(=O)N[C@H](CO)CCO. The van der Waals surface area contributed by atoms with Gasteiger partial charge in [-0.25, -0.2) is 0 Å². The molecule has 0 radical (unpaired) electrons. The molecule has 0 unspecified atom stereocenters. The van der Waals surface area contributed by atoms with E-state index in [0.717, 1.165) is 0 Å². The molecule has 1 atom stereocenters. The molecule has 0 aliphatic carbocycles. The summed E-state index contributed by atoms with van der Waals surface area (Å²) in [6.45, 7) is 5.24. The van der Waals surface area contributed by atoms with Gasteiger partial charge in [-0.15, -0.1) is 0 Å². The van der Waals surface area contributed by atoms with Gasteiger partial charge >= 0.3 is 0 Å². The summed E-state index contributed by atoms with van der Waals surface area (Å²) in [4.78, 5) is 11.4. The minimum atomic E-state index is -0.455. The molecule has 4 heteroatoms. The number of nitrogens with one attached hydrogen (secondary N) is 1. The van der Waals surface area contributed by atoms with Crippen LogP contribution in [0.1, 0.15) is 27.2 Å². The molecule has 4 nitrogen and oxygen atoms in total. The number of rotatable bonds is 4. The van der Waals surface area contributed by atoms with E-state index >= 15 is 0 Å². The van der Waals surface area contributed by atoms with Gasteiger partial charge in [-0.05, 0) is 6.42 Å². The lowest BCUT2D eigenvalue weighted by Gasteiger charge is -2.22. The van der Waals surface area contributed by atoms with Crippen LogP contribution in [0.4, 0.5) is 0 Å². The quantitative estimate of drug-likeness (QED) is 0.578. The van der Waals surface area contributed by atoms with Crippen molar-refractivity contribution in [2.45, 2.75) is 33.2 Å². The lowest BCUT2D eigenvalue weighted by molar-refractivity contribution is -0.129. The number of carbonyl (C=O) groups excluding carboxylic acids is 1. The van der Waals surface area contributed by atoms with Gasteiger partial charge in [-0.3, -0.25) is 4.79 Å². The highest BCUT2D eigenvalue weighted by molar-refractivity contribution is 5.81. The molecular weight excluding hydrogens is 170 g/mol. The molecule has 3 N–H and O–H groups in total. The monoisotopic (exact) mass is 189 g/mol. The molecule has 78 valence electrons. The molecule has 0 fully saturated rings. The van der Waals surface area contributed by atoms with Gasteiger partial charge < -0.3 is 15.5 Å². The van der Waals surface area contributed by atoms with Crippen LogP contribution >= 0.6 is 0 Å². The zero-order chi connectivity index (χ0) is 10.5. The van der Waals surface area contributed by atoms with Crippen LogP contribution in [0.5, 0.6) is 0 Å². The molecule has 13 heavy (non-hydrogen) atoms. The van der Waals surface area contributed by atoms with Gasteiger partial charge in [0.25, 0.3) is 0 Å². The number of aliphatic hydroxyl groups excluding tert-OH is 2. The second-order valence-corrected chi connectivity index (χ2v) is 4.12. The van der Waals surface area contributed by atoms with Crippen molar-refractivity contribution in [3.8, 4) is 0 Å². The third-order valence-corrected chi connectivity index (χ3v) is 1.71. The number of aliphatic hydroxyl groups is 2. The summed E-state index contributed by atoms with van der Waals surface area (Å²) >= 11 is 0. The Balaban J connectivity index is 4.01. The van der Waals surface area contributed by atoms with Crippen molar-refractivity contribution in [2.75, 3.05) is 13.2 Å².